The summed E-state index contributed by atoms with van der Waals surface area (Å²) in [4.78, 5) is 32.7. The minimum atomic E-state index is -0.129. The molecule has 0 saturated heterocycles. The SMILES string of the molecule is CCCC(CCC)(CCCN)N(CCC(=O)OCC)Cc1ccc(CN(Cc2ncc[nH]2)C(C)c2ncc[nH]2)cc1. The summed E-state index contributed by atoms with van der Waals surface area (Å²) in [6, 6.07) is 9.02. The Kier molecular flexibility index (Phi) is 13.5. The third-order valence-corrected chi connectivity index (χ3v) is 7.99. The topological polar surface area (TPSA) is 116 Å². The Bertz CT molecular complexity index is 1090. The third kappa shape index (κ3) is 9.80. The number of aromatic amines is 2. The van der Waals surface area contributed by atoms with Gasteiger partial charge in [0.15, 0.2) is 0 Å². The first-order valence-corrected chi connectivity index (χ1v) is 15.3. The number of esters is 1. The molecule has 2 heterocycles. The number of carbonyl (C=O) groups excluding carboxylic acids is 1. The van der Waals surface area contributed by atoms with Crippen LogP contribution in [0.2, 0.25) is 0 Å². The molecule has 41 heavy (non-hydrogen) atoms. The average Bonchev–Trinajstić information content (AvgIpc) is 3.70. The van der Waals surface area contributed by atoms with Gasteiger partial charge in [-0.2, -0.15) is 0 Å². The summed E-state index contributed by atoms with van der Waals surface area (Å²) < 4.78 is 5.29. The summed E-state index contributed by atoms with van der Waals surface area (Å²) in [6.45, 7) is 12.6. The molecule has 2 aromatic heterocycles. The Morgan fingerprint density at radius 1 is 0.951 bits per heavy atom. The van der Waals surface area contributed by atoms with Crippen LogP contribution in [0.3, 0.4) is 0 Å². The average molecular weight is 566 g/mol. The lowest BCUT2D eigenvalue weighted by Crippen LogP contribution is -2.49. The van der Waals surface area contributed by atoms with Gasteiger partial charge >= 0.3 is 5.97 Å². The van der Waals surface area contributed by atoms with Crippen LogP contribution in [0.5, 0.6) is 0 Å². The molecule has 9 heteroatoms. The number of rotatable bonds is 20. The Balaban J connectivity index is 1.80. The number of benzene rings is 1. The number of ether oxygens (including phenoxy) is 1. The molecule has 1 atom stereocenters. The molecule has 0 aliphatic heterocycles. The first-order valence-electron chi connectivity index (χ1n) is 15.3. The van der Waals surface area contributed by atoms with Crippen molar-refractivity contribution in [3.05, 3.63) is 71.8 Å². The number of imidazole rings is 2. The predicted molar refractivity (Wildman–Crippen MR) is 164 cm³/mol. The number of nitrogens with zero attached hydrogens (tertiary/aromatic N) is 4. The molecule has 1 aromatic carbocycles. The summed E-state index contributed by atoms with van der Waals surface area (Å²) in [7, 11) is 0. The molecule has 226 valence electrons. The zero-order valence-corrected chi connectivity index (χ0v) is 25.6. The van der Waals surface area contributed by atoms with Gasteiger partial charge < -0.3 is 20.4 Å². The molecule has 0 bridgehead atoms. The van der Waals surface area contributed by atoms with Crippen molar-refractivity contribution in [3.63, 3.8) is 0 Å². The fourth-order valence-corrected chi connectivity index (χ4v) is 5.94. The zero-order chi connectivity index (χ0) is 29.5. The Morgan fingerprint density at radius 2 is 1.61 bits per heavy atom. The lowest BCUT2D eigenvalue weighted by molar-refractivity contribution is -0.144. The van der Waals surface area contributed by atoms with Gasteiger partial charge in [-0.3, -0.25) is 14.6 Å². The van der Waals surface area contributed by atoms with E-state index in [0.717, 1.165) is 63.3 Å². The van der Waals surface area contributed by atoms with Crippen LogP contribution in [0.1, 0.15) is 101 Å². The summed E-state index contributed by atoms with van der Waals surface area (Å²) in [5.74, 6) is 1.74. The van der Waals surface area contributed by atoms with Gasteiger partial charge in [-0.1, -0.05) is 51.0 Å². The molecule has 0 spiro atoms. The van der Waals surface area contributed by atoms with Gasteiger partial charge in [-0.15, -0.1) is 0 Å². The minimum absolute atomic E-state index is 0.0202. The fourth-order valence-electron chi connectivity index (χ4n) is 5.94. The number of hydrogen-bond donors (Lipinski definition) is 3. The molecular formula is C32H51N7O2. The second-order valence-electron chi connectivity index (χ2n) is 11.0. The zero-order valence-electron chi connectivity index (χ0n) is 25.6. The number of aromatic nitrogens is 4. The van der Waals surface area contributed by atoms with E-state index in [4.69, 9.17) is 10.5 Å². The van der Waals surface area contributed by atoms with Crippen LogP contribution in [0.25, 0.3) is 0 Å². The second-order valence-corrected chi connectivity index (χ2v) is 11.0. The maximum atomic E-state index is 12.4. The van der Waals surface area contributed by atoms with Crippen molar-refractivity contribution in [3.8, 4) is 0 Å². The van der Waals surface area contributed by atoms with E-state index in [0.29, 0.717) is 32.7 Å². The summed E-state index contributed by atoms with van der Waals surface area (Å²) in [5.41, 5.74) is 8.48. The second kappa shape index (κ2) is 17.1. The molecule has 0 fully saturated rings. The van der Waals surface area contributed by atoms with E-state index in [2.05, 4.69) is 74.8 Å². The molecule has 4 N–H and O–H groups in total. The van der Waals surface area contributed by atoms with Gasteiger partial charge in [0, 0.05) is 50.0 Å². The largest absolute Gasteiger partial charge is 0.466 e. The molecule has 1 unspecified atom stereocenters. The number of nitrogens with two attached hydrogens (primary N) is 1. The van der Waals surface area contributed by atoms with Crippen LogP contribution in [0.4, 0.5) is 0 Å². The minimum Gasteiger partial charge on any atom is -0.466 e. The van der Waals surface area contributed by atoms with E-state index in [1.165, 1.54) is 11.1 Å². The van der Waals surface area contributed by atoms with Crippen molar-refractivity contribution in [2.75, 3.05) is 19.7 Å². The highest BCUT2D eigenvalue weighted by Gasteiger charge is 2.35. The van der Waals surface area contributed by atoms with Crippen molar-refractivity contribution < 1.29 is 9.53 Å². The predicted octanol–water partition coefficient (Wildman–Crippen LogP) is 5.73. The summed E-state index contributed by atoms with van der Waals surface area (Å²) in [5, 5.41) is 0. The van der Waals surface area contributed by atoms with Crippen molar-refractivity contribution in [1.82, 2.24) is 29.7 Å². The Hall–Kier alpha value is -3.01. The molecule has 0 saturated carbocycles. The lowest BCUT2D eigenvalue weighted by atomic mass is 9.81. The highest BCUT2D eigenvalue weighted by atomic mass is 16.5. The van der Waals surface area contributed by atoms with Gasteiger partial charge in [-0.25, -0.2) is 9.97 Å². The van der Waals surface area contributed by atoms with E-state index in [1.807, 2.05) is 19.3 Å². The van der Waals surface area contributed by atoms with E-state index >= 15 is 0 Å². The molecule has 0 amide bonds. The molecule has 9 nitrogen and oxygen atoms in total. The molecule has 0 aliphatic rings. The highest BCUT2D eigenvalue weighted by Crippen LogP contribution is 2.34. The lowest BCUT2D eigenvalue weighted by Gasteiger charge is -2.45. The Morgan fingerprint density at radius 3 is 2.17 bits per heavy atom. The van der Waals surface area contributed by atoms with Crippen LogP contribution in [0.15, 0.2) is 49.1 Å². The first-order chi connectivity index (χ1) is 19.9. The van der Waals surface area contributed by atoms with Crippen molar-refractivity contribution >= 4 is 5.97 Å². The van der Waals surface area contributed by atoms with Gasteiger partial charge in [0.1, 0.15) is 11.6 Å². The van der Waals surface area contributed by atoms with Crippen molar-refractivity contribution in [1.29, 1.82) is 0 Å². The molecule has 0 radical (unpaired) electrons. The van der Waals surface area contributed by atoms with Crippen molar-refractivity contribution in [2.24, 2.45) is 5.73 Å². The van der Waals surface area contributed by atoms with Crippen molar-refractivity contribution in [2.45, 2.75) is 104 Å². The Labute approximate surface area is 246 Å². The van der Waals surface area contributed by atoms with Gasteiger partial charge in [0.25, 0.3) is 0 Å². The van der Waals surface area contributed by atoms with Gasteiger partial charge in [-0.05, 0) is 57.2 Å². The van der Waals surface area contributed by atoms with Crippen LogP contribution in [0, 0.1) is 0 Å². The summed E-state index contributed by atoms with van der Waals surface area (Å²) >= 11 is 0. The quantitative estimate of drug-likeness (QED) is 0.150. The normalized spacial score (nSPS) is 12.8. The molecule has 3 aromatic rings. The van der Waals surface area contributed by atoms with Gasteiger partial charge in [0.05, 0.1) is 25.6 Å². The monoisotopic (exact) mass is 565 g/mol. The maximum absolute atomic E-state index is 12.4. The van der Waals surface area contributed by atoms with E-state index in [1.54, 1.807) is 12.4 Å². The number of hydrogen-bond acceptors (Lipinski definition) is 7. The van der Waals surface area contributed by atoms with E-state index < -0.39 is 0 Å². The summed E-state index contributed by atoms with van der Waals surface area (Å²) in [6.07, 6.45) is 14.1. The van der Waals surface area contributed by atoms with E-state index in [9.17, 15) is 4.79 Å². The molecule has 3 rings (SSSR count). The van der Waals surface area contributed by atoms with Gasteiger partial charge in [0.2, 0.25) is 0 Å². The maximum Gasteiger partial charge on any atom is 0.307 e. The highest BCUT2D eigenvalue weighted by molar-refractivity contribution is 5.69. The van der Waals surface area contributed by atoms with Crippen LogP contribution in [-0.4, -0.2) is 60.9 Å². The standard InChI is InChI=1S/C32H51N7O2/c1-5-14-32(15-6-2,16-8-17-33)39(22-13-30(40)41-7-3)24-28-11-9-27(10-12-28)23-38(25-29-34-18-19-35-29)26(4)31-36-20-21-37-31/h9-12,18-21,26H,5-8,13-17,22-25,33H2,1-4H3,(H,34,35)(H,36,37). The van der Waals surface area contributed by atoms with Crippen LogP contribution in [-0.2, 0) is 29.2 Å². The van der Waals surface area contributed by atoms with E-state index in [-0.39, 0.29) is 17.6 Å². The third-order valence-electron chi connectivity index (χ3n) is 7.99. The van der Waals surface area contributed by atoms with Crippen LogP contribution < -0.4 is 5.73 Å². The number of carbonyl (C=O) groups is 1. The molecular weight excluding hydrogens is 514 g/mol. The number of nitrogens with one attached hydrogen (secondary N) is 2. The fraction of sp³-hybridized carbons (Fsp3) is 0.594. The van der Waals surface area contributed by atoms with Crippen LogP contribution >= 0.6 is 0 Å². The first kappa shape index (κ1) is 32.5. The number of H-pyrrole nitrogens is 2. The smallest absolute Gasteiger partial charge is 0.307 e. The molecule has 0 aliphatic carbocycles.